The number of allylic oxidation sites excluding steroid dienone is 2. The molecule has 1 aromatic rings. The minimum atomic E-state index is -3.23. The van der Waals surface area contributed by atoms with Gasteiger partial charge in [-0.1, -0.05) is 36.8 Å². The first kappa shape index (κ1) is 13.4. The second-order valence-electron chi connectivity index (χ2n) is 8.20. The Morgan fingerprint density at radius 1 is 1.14 bits per heavy atom. The third-order valence-corrected chi connectivity index (χ3v) is 9.53. The van der Waals surface area contributed by atoms with E-state index in [9.17, 15) is 8.42 Å². The third kappa shape index (κ3) is 1.40. The zero-order valence-electron chi connectivity index (χ0n) is 13.0. The van der Waals surface area contributed by atoms with E-state index in [1.807, 2.05) is 18.2 Å². The fourth-order valence-corrected chi connectivity index (χ4v) is 8.61. The fourth-order valence-electron chi connectivity index (χ4n) is 6.37. The van der Waals surface area contributed by atoms with Gasteiger partial charge in [-0.2, -0.15) is 0 Å². The Morgan fingerprint density at radius 2 is 1.91 bits per heavy atom. The fraction of sp³-hybridized carbons (Fsp3) is 0.579. The van der Waals surface area contributed by atoms with Crippen LogP contribution in [0.5, 0.6) is 0 Å². The quantitative estimate of drug-likeness (QED) is 0.774. The molecule has 1 spiro atoms. The highest BCUT2D eigenvalue weighted by Gasteiger charge is 2.68. The van der Waals surface area contributed by atoms with Crippen molar-refractivity contribution in [3.63, 3.8) is 0 Å². The summed E-state index contributed by atoms with van der Waals surface area (Å²) in [7, 11) is -3.23. The van der Waals surface area contributed by atoms with Gasteiger partial charge >= 0.3 is 0 Å². The lowest BCUT2D eigenvalue weighted by molar-refractivity contribution is 0.238. The standard InChI is InChI=1S/C19H22O2S/c1-18-10-16-13-7-8-14(9-13)19(16,12-18)11-17(18)22(20,21)15-5-3-2-4-6-15/h2-6,10,13-14,17H,7-9,11-12H2,1H3. The average molecular weight is 314 g/mol. The van der Waals surface area contributed by atoms with E-state index in [0.717, 1.165) is 24.7 Å². The molecule has 3 fully saturated rings. The van der Waals surface area contributed by atoms with Gasteiger partial charge in [0.2, 0.25) is 0 Å². The predicted octanol–water partition coefficient (Wildman–Crippen LogP) is 3.99. The molecule has 4 aliphatic carbocycles. The van der Waals surface area contributed by atoms with Crippen molar-refractivity contribution in [1.82, 2.24) is 0 Å². The second kappa shape index (κ2) is 3.87. The minimum Gasteiger partial charge on any atom is -0.223 e. The molecule has 0 heterocycles. The minimum absolute atomic E-state index is 0.148. The number of sulfone groups is 1. The Labute approximate surface area is 132 Å². The van der Waals surface area contributed by atoms with Gasteiger partial charge in [-0.25, -0.2) is 8.42 Å². The molecule has 5 unspecified atom stereocenters. The molecule has 2 nitrogen and oxygen atoms in total. The van der Waals surface area contributed by atoms with Gasteiger partial charge in [0.1, 0.15) is 0 Å². The number of hydrogen-bond donors (Lipinski definition) is 0. The lowest BCUT2D eigenvalue weighted by atomic mass is 9.70. The molecule has 4 aliphatic rings. The smallest absolute Gasteiger partial charge is 0.182 e. The number of rotatable bonds is 2. The third-order valence-electron chi connectivity index (χ3n) is 7.14. The van der Waals surface area contributed by atoms with Crippen LogP contribution in [0.15, 0.2) is 46.9 Å². The topological polar surface area (TPSA) is 34.1 Å². The van der Waals surface area contributed by atoms with Crippen LogP contribution in [0.2, 0.25) is 0 Å². The molecule has 0 saturated heterocycles. The molecular weight excluding hydrogens is 292 g/mol. The van der Waals surface area contributed by atoms with Crippen molar-refractivity contribution in [2.45, 2.75) is 49.2 Å². The zero-order valence-corrected chi connectivity index (χ0v) is 13.8. The van der Waals surface area contributed by atoms with Crippen LogP contribution >= 0.6 is 0 Å². The Kier molecular flexibility index (Phi) is 2.35. The van der Waals surface area contributed by atoms with Gasteiger partial charge in [-0.3, -0.25) is 0 Å². The maximum atomic E-state index is 13.2. The van der Waals surface area contributed by atoms with Crippen LogP contribution in [-0.4, -0.2) is 13.7 Å². The van der Waals surface area contributed by atoms with Crippen LogP contribution < -0.4 is 0 Å². The van der Waals surface area contributed by atoms with Crippen molar-refractivity contribution in [2.24, 2.45) is 22.7 Å². The Hall–Kier alpha value is -1.09. The molecule has 1 aromatic carbocycles. The van der Waals surface area contributed by atoms with Gasteiger partial charge in [0.05, 0.1) is 10.1 Å². The van der Waals surface area contributed by atoms with E-state index in [2.05, 4.69) is 13.0 Å². The van der Waals surface area contributed by atoms with E-state index in [1.165, 1.54) is 19.3 Å². The van der Waals surface area contributed by atoms with Crippen LogP contribution in [0.1, 0.15) is 39.0 Å². The van der Waals surface area contributed by atoms with E-state index in [4.69, 9.17) is 0 Å². The lowest BCUT2D eigenvalue weighted by Gasteiger charge is -2.36. The van der Waals surface area contributed by atoms with Gasteiger partial charge in [-0.15, -0.1) is 0 Å². The number of hydrogen-bond acceptors (Lipinski definition) is 2. The van der Waals surface area contributed by atoms with Gasteiger partial charge in [0, 0.05) is 5.41 Å². The number of fused-ring (bicyclic) bond motifs is 4. The molecule has 5 atom stereocenters. The van der Waals surface area contributed by atoms with Gasteiger partial charge in [0.25, 0.3) is 0 Å². The van der Waals surface area contributed by atoms with Crippen molar-refractivity contribution >= 4 is 9.84 Å². The molecule has 3 heteroatoms. The largest absolute Gasteiger partial charge is 0.223 e. The highest BCUT2D eigenvalue weighted by molar-refractivity contribution is 7.92. The summed E-state index contributed by atoms with van der Waals surface area (Å²) in [6, 6.07) is 9.06. The van der Waals surface area contributed by atoms with Crippen LogP contribution in [0, 0.1) is 22.7 Å². The molecule has 0 aliphatic heterocycles. The predicted molar refractivity (Wildman–Crippen MR) is 86.1 cm³/mol. The zero-order chi connectivity index (χ0) is 15.2. The maximum absolute atomic E-state index is 13.2. The first-order valence-electron chi connectivity index (χ1n) is 8.48. The molecule has 3 saturated carbocycles. The second-order valence-corrected chi connectivity index (χ2v) is 10.3. The summed E-state index contributed by atoms with van der Waals surface area (Å²) in [4.78, 5) is 0.503. The first-order chi connectivity index (χ1) is 10.5. The summed E-state index contributed by atoms with van der Waals surface area (Å²) in [5, 5.41) is -0.231. The molecule has 4 bridgehead atoms. The Morgan fingerprint density at radius 3 is 2.68 bits per heavy atom. The first-order valence-corrected chi connectivity index (χ1v) is 10.0. The Balaban J connectivity index is 1.61. The van der Waals surface area contributed by atoms with Crippen molar-refractivity contribution in [3.05, 3.63) is 42.0 Å². The van der Waals surface area contributed by atoms with E-state index >= 15 is 0 Å². The molecule has 0 N–H and O–H groups in total. The summed E-state index contributed by atoms with van der Waals surface area (Å²) in [6.07, 6.45) is 8.31. The summed E-state index contributed by atoms with van der Waals surface area (Å²) in [6.45, 7) is 2.19. The van der Waals surface area contributed by atoms with Crippen LogP contribution in [-0.2, 0) is 9.84 Å². The van der Waals surface area contributed by atoms with E-state index in [0.29, 0.717) is 4.90 Å². The summed E-state index contributed by atoms with van der Waals surface area (Å²) in [5.41, 5.74) is 1.74. The monoisotopic (exact) mass is 314 g/mol. The highest BCUT2D eigenvalue weighted by atomic mass is 32.2. The number of benzene rings is 1. The van der Waals surface area contributed by atoms with E-state index < -0.39 is 9.84 Å². The van der Waals surface area contributed by atoms with Crippen molar-refractivity contribution in [1.29, 1.82) is 0 Å². The average Bonchev–Trinajstić information content (AvgIpc) is 3.21. The van der Waals surface area contributed by atoms with Gasteiger partial charge < -0.3 is 0 Å². The van der Waals surface area contributed by atoms with Crippen LogP contribution in [0.3, 0.4) is 0 Å². The molecule has 5 rings (SSSR count). The summed E-state index contributed by atoms with van der Waals surface area (Å²) in [5.74, 6) is 1.52. The summed E-state index contributed by atoms with van der Waals surface area (Å²) >= 11 is 0. The van der Waals surface area contributed by atoms with Crippen molar-refractivity contribution < 1.29 is 8.42 Å². The maximum Gasteiger partial charge on any atom is 0.182 e. The molecule has 0 radical (unpaired) electrons. The molecule has 116 valence electrons. The van der Waals surface area contributed by atoms with Crippen molar-refractivity contribution in [2.75, 3.05) is 0 Å². The highest BCUT2D eigenvalue weighted by Crippen LogP contribution is 2.74. The van der Waals surface area contributed by atoms with Gasteiger partial charge in [-0.05, 0) is 61.5 Å². The van der Waals surface area contributed by atoms with E-state index in [1.54, 1.807) is 17.7 Å². The lowest BCUT2D eigenvalue weighted by Crippen LogP contribution is -2.35. The van der Waals surface area contributed by atoms with Crippen molar-refractivity contribution in [3.8, 4) is 0 Å². The molecule has 0 aromatic heterocycles. The molecule has 22 heavy (non-hydrogen) atoms. The normalized spacial score (nSPS) is 45.1. The van der Waals surface area contributed by atoms with Gasteiger partial charge in [0.15, 0.2) is 9.84 Å². The Bertz CT molecular complexity index is 779. The van der Waals surface area contributed by atoms with Crippen LogP contribution in [0.4, 0.5) is 0 Å². The summed E-state index contributed by atoms with van der Waals surface area (Å²) < 4.78 is 26.4. The molecule has 0 amide bonds. The molecular formula is C19H22O2S. The van der Waals surface area contributed by atoms with Crippen LogP contribution in [0.25, 0.3) is 0 Å². The van der Waals surface area contributed by atoms with E-state index in [-0.39, 0.29) is 16.1 Å². The SMILES string of the molecule is CC12C=C3C4CCC(C4)C3(CC1S(=O)(=O)c1ccccc1)C2.